The monoisotopic (exact) mass is 254 g/mol. The van der Waals surface area contributed by atoms with E-state index in [2.05, 4.69) is 5.10 Å². The van der Waals surface area contributed by atoms with Gasteiger partial charge < -0.3 is 0 Å². The molecule has 1 heterocycles. The molecule has 1 aromatic heterocycles. The Bertz CT molecular complexity index is 716. The second-order valence-electron chi connectivity index (χ2n) is 4.83. The third-order valence-corrected chi connectivity index (χ3v) is 3.47. The summed E-state index contributed by atoms with van der Waals surface area (Å²) in [6.45, 7) is 1.92. The number of carbonyl (C=O) groups is 1. The molecule has 0 N–H and O–H groups in total. The van der Waals surface area contributed by atoms with Crippen LogP contribution in [0.5, 0.6) is 0 Å². The lowest BCUT2D eigenvalue weighted by Gasteiger charge is -2.15. The highest BCUT2D eigenvalue weighted by atomic mass is 16.1. The van der Waals surface area contributed by atoms with Crippen molar-refractivity contribution in [2.24, 2.45) is 0 Å². The van der Waals surface area contributed by atoms with Crippen LogP contribution in [0.4, 0.5) is 0 Å². The van der Waals surface area contributed by atoms with Crippen LogP contribution in [0, 0.1) is 6.92 Å². The molecule has 0 saturated carbocycles. The first-order valence-corrected chi connectivity index (χ1v) is 6.39. The maximum Gasteiger partial charge on any atom is 0.271 e. The van der Waals surface area contributed by atoms with E-state index in [1.54, 1.807) is 6.07 Å². The van der Waals surface area contributed by atoms with E-state index in [1.807, 2.05) is 31.2 Å². The van der Waals surface area contributed by atoms with Crippen LogP contribution in [0.2, 0.25) is 0 Å². The van der Waals surface area contributed by atoms with Crippen LogP contribution in [0.25, 0.3) is 5.69 Å². The Balaban J connectivity index is 2.24. The highest BCUT2D eigenvalue weighted by Gasteiger charge is 2.21. The fraction of sp³-hybridized carbons (Fsp3) is 0.267. The molecule has 0 spiro atoms. The lowest BCUT2D eigenvalue weighted by atomic mass is 9.96. The van der Waals surface area contributed by atoms with E-state index in [0.717, 1.165) is 29.7 Å². The van der Waals surface area contributed by atoms with Crippen molar-refractivity contribution >= 4 is 5.78 Å². The molecular weight excluding hydrogens is 240 g/mol. The number of rotatable bonds is 1. The SMILES string of the molecule is Cc1ccccc1-n1nc2c(cc1=O)CCCC2=O. The Kier molecular flexibility index (Phi) is 2.78. The molecule has 0 bridgehead atoms. The fourth-order valence-electron chi connectivity index (χ4n) is 2.45. The minimum absolute atomic E-state index is 0.0311. The van der Waals surface area contributed by atoms with Gasteiger partial charge in [-0.25, -0.2) is 0 Å². The summed E-state index contributed by atoms with van der Waals surface area (Å²) in [4.78, 5) is 24.0. The highest BCUT2D eigenvalue weighted by Crippen LogP contribution is 2.18. The maximum absolute atomic E-state index is 12.1. The molecule has 96 valence electrons. The number of benzene rings is 1. The first kappa shape index (κ1) is 11.8. The van der Waals surface area contributed by atoms with Gasteiger partial charge >= 0.3 is 0 Å². The Morgan fingerprint density at radius 1 is 1.16 bits per heavy atom. The van der Waals surface area contributed by atoms with Crippen LogP contribution >= 0.6 is 0 Å². The largest absolute Gasteiger partial charge is 0.292 e. The Hall–Kier alpha value is -2.23. The van der Waals surface area contributed by atoms with Crippen LogP contribution < -0.4 is 5.56 Å². The topological polar surface area (TPSA) is 52.0 Å². The Labute approximate surface area is 110 Å². The average molecular weight is 254 g/mol. The van der Waals surface area contributed by atoms with Crippen molar-refractivity contribution in [2.45, 2.75) is 26.2 Å². The van der Waals surface area contributed by atoms with Gasteiger partial charge in [0.1, 0.15) is 5.69 Å². The van der Waals surface area contributed by atoms with Crippen molar-refractivity contribution in [1.29, 1.82) is 0 Å². The normalized spacial score (nSPS) is 14.3. The number of carbonyl (C=O) groups excluding carboxylic acids is 1. The van der Waals surface area contributed by atoms with E-state index in [1.165, 1.54) is 4.68 Å². The summed E-state index contributed by atoms with van der Waals surface area (Å²) < 4.78 is 1.33. The van der Waals surface area contributed by atoms with Gasteiger partial charge in [0, 0.05) is 12.5 Å². The minimum atomic E-state index is -0.178. The maximum atomic E-state index is 12.1. The molecule has 2 aromatic rings. The molecule has 0 fully saturated rings. The fourth-order valence-corrected chi connectivity index (χ4v) is 2.45. The minimum Gasteiger partial charge on any atom is -0.292 e. The number of aromatic nitrogens is 2. The van der Waals surface area contributed by atoms with Crippen LogP contribution in [0.1, 0.15) is 34.5 Å². The van der Waals surface area contributed by atoms with Crippen molar-refractivity contribution in [3.63, 3.8) is 0 Å². The van der Waals surface area contributed by atoms with Gasteiger partial charge in [-0.05, 0) is 37.0 Å². The summed E-state index contributed by atoms with van der Waals surface area (Å²) in [5, 5.41) is 4.28. The second-order valence-corrected chi connectivity index (χ2v) is 4.83. The summed E-state index contributed by atoms with van der Waals surface area (Å²) in [5.74, 6) is 0.0311. The first-order valence-electron chi connectivity index (χ1n) is 6.39. The lowest BCUT2D eigenvalue weighted by Crippen LogP contribution is -2.27. The van der Waals surface area contributed by atoms with E-state index in [4.69, 9.17) is 0 Å². The molecule has 19 heavy (non-hydrogen) atoms. The number of hydrogen-bond acceptors (Lipinski definition) is 3. The predicted octanol–water partition coefficient (Wildman–Crippen LogP) is 2.06. The molecular formula is C15H14N2O2. The van der Waals surface area contributed by atoms with Gasteiger partial charge in [0.15, 0.2) is 5.78 Å². The molecule has 1 aliphatic carbocycles. The van der Waals surface area contributed by atoms with Gasteiger partial charge in [0.25, 0.3) is 5.56 Å². The molecule has 0 radical (unpaired) electrons. The second kappa shape index (κ2) is 4.46. The molecule has 0 atom stereocenters. The molecule has 1 aromatic carbocycles. The van der Waals surface area contributed by atoms with Crippen molar-refractivity contribution in [3.05, 3.63) is 57.5 Å². The zero-order valence-corrected chi connectivity index (χ0v) is 10.7. The first-order chi connectivity index (χ1) is 9.16. The number of para-hydroxylation sites is 1. The third-order valence-electron chi connectivity index (χ3n) is 3.47. The molecule has 0 amide bonds. The molecule has 0 aliphatic heterocycles. The van der Waals surface area contributed by atoms with Gasteiger partial charge in [-0.3, -0.25) is 9.59 Å². The van der Waals surface area contributed by atoms with Gasteiger partial charge in [0.05, 0.1) is 5.69 Å². The Morgan fingerprint density at radius 3 is 2.74 bits per heavy atom. The summed E-state index contributed by atoms with van der Waals surface area (Å²) in [6.07, 6.45) is 2.09. The smallest absolute Gasteiger partial charge is 0.271 e. The van der Waals surface area contributed by atoms with E-state index < -0.39 is 0 Å². The zero-order valence-electron chi connectivity index (χ0n) is 10.7. The lowest BCUT2D eigenvalue weighted by molar-refractivity contribution is 0.0965. The van der Waals surface area contributed by atoms with Gasteiger partial charge in [0.2, 0.25) is 0 Å². The third kappa shape index (κ3) is 1.99. The molecule has 0 unspecified atom stereocenters. The van der Waals surface area contributed by atoms with E-state index in [9.17, 15) is 9.59 Å². The zero-order chi connectivity index (χ0) is 13.4. The highest BCUT2D eigenvalue weighted by molar-refractivity contribution is 5.96. The summed E-state index contributed by atoms with van der Waals surface area (Å²) in [5.41, 5.74) is 2.75. The van der Waals surface area contributed by atoms with Crippen molar-refractivity contribution < 1.29 is 4.79 Å². The number of fused-ring (bicyclic) bond motifs is 1. The van der Waals surface area contributed by atoms with Crippen LogP contribution in [0.15, 0.2) is 35.1 Å². The predicted molar refractivity (Wildman–Crippen MR) is 71.8 cm³/mol. The van der Waals surface area contributed by atoms with Crippen LogP contribution in [-0.4, -0.2) is 15.6 Å². The van der Waals surface area contributed by atoms with Gasteiger partial charge in [-0.2, -0.15) is 9.78 Å². The number of aryl methyl sites for hydroxylation is 2. The quantitative estimate of drug-likeness (QED) is 0.782. The van der Waals surface area contributed by atoms with Crippen molar-refractivity contribution in [1.82, 2.24) is 9.78 Å². The number of ketones is 1. The molecule has 1 aliphatic rings. The standard InChI is InChI=1S/C15H14N2O2/c1-10-5-2-3-7-12(10)17-14(19)9-11-6-4-8-13(18)15(11)16-17/h2-3,5,7,9H,4,6,8H2,1H3. The number of Topliss-reactive ketones (excluding diaryl/α,β-unsaturated/α-hetero) is 1. The van der Waals surface area contributed by atoms with Crippen LogP contribution in [0.3, 0.4) is 0 Å². The number of nitrogens with zero attached hydrogens (tertiary/aromatic N) is 2. The van der Waals surface area contributed by atoms with E-state index >= 15 is 0 Å². The average Bonchev–Trinajstić information content (AvgIpc) is 2.39. The summed E-state index contributed by atoms with van der Waals surface area (Å²) >= 11 is 0. The van der Waals surface area contributed by atoms with Gasteiger partial charge in [-0.1, -0.05) is 18.2 Å². The molecule has 3 rings (SSSR count). The summed E-state index contributed by atoms with van der Waals surface area (Å²) in [6, 6.07) is 9.07. The molecule has 4 nitrogen and oxygen atoms in total. The van der Waals surface area contributed by atoms with Crippen molar-refractivity contribution in [2.75, 3.05) is 0 Å². The summed E-state index contributed by atoms with van der Waals surface area (Å²) in [7, 11) is 0. The van der Waals surface area contributed by atoms with Crippen molar-refractivity contribution in [3.8, 4) is 5.69 Å². The molecule has 4 heteroatoms. The Morgan fingerprint density at radius 2 is 1.95 bits per heavy atom. The van der Waals surface area contributed by atoms with Crippen LogP contribution in [-0.2, 0) is 6.42 Å². The number of hydrogen-bond donors (Lipinski definition) is 0. The van der Waals surface area contributed by atoms with Gasteiger partial charge in [-0.15, -0.1) is 0 Å². The van der Waals surface area contributed by atoms with E-state index in [-0.39, 0.29) is 11.3 Å². The van der Waals surface area contributed by atoms with E-state index in [0.29, 0.717) is 12.1 Å². The molecule has 0 saturated heterocycles.